The molecule has 0 aromatic carbocycles. The number of carbonyl (C=O) groups is 1. The lowest BCUT2D eigenvalue weighted by Gasteiger charge is -2.24. The highest BCUT2D eigenvalue weighted by Gasteiger charge is 2.14. The van der Waals surface area contributed by atoms with Crippen molar-refractivity contribution in [3.63, 3.8) is 0 Å². The van der Waals surface area contributed by atoms with Gasteiger partial charge in [-0.15, -0.1) is 0 Å². The minimum atomic E-state index is -0.755. The molecular weight excluding hydrogens is 204 g/mol. The van der Waals surface area contributed by atoms with Crippen molar-refractivity contribution in [2.45, 2.75) is 25.8 Å². The molecule has 1 N–H and O–H groups in total. The molecule has 0 atom stereocenters. The van der Waals surface area contributed by atoms with E-state index in [1.165, 1.54) is 5.56 Å². The van der Waals surface area contributed by atoms with E-state index in [-0.39, 0.29) is 6.42 Å². The lowest BCUT2D eigenvalue weighted by atomic mass is 10.0. The first kappa shape index (κ1) is 11.1. The number of aliphatic carboxylic acids is 1. The van der Waals surface area contributed by atoms with E-state index in [9.17, 15) is 4.79 Å². The second-order valence-corrected chi connectivity index (χ2v) is 4.33. The Hall–Kier alpha value is -1.42. The summed E-state index contributed by atoms with van der Waals surface area (Å²) < 4.78 is 0. The summed E-state index contributed by atoms with van der Waals surface area (Å²) in [7, 11) is 2.09. The van der Waals surface area contributed by atoms with Gasteiger partial charge in [0.15, 0.2) is 0 Å². The Morgan fingerprint density at radius 1 is 1.62 bits per heavy atom. The predicted octanol–water partition coefficient (Wildman–Crippen LogP) is 1.09. The van der Waals surface area contributed by atoms with Crippen LogP contribution in [0.2, 0.25) is 0 Å². The predicted molar refractivity (Wildman–Crippen MR) is 60.2 cm³/mol. The Bertz CT molecular complexity index is 404. The van der Waals surface area contributed by atoms with Gasteiger partial charge in [-0.2, -0.15) is 0 Å². The number of hydrogen-bond donors (Lipinski definition) is 1. The summed E-state index contributed by atoms with van der Waals surface area (Å²) in [5.74, 6) is -0.755. The Balaban J connectivity index is 2.11. The van der Waals surface area contributed by atoms with Crippen molar-refractivity contribution in [3.8, 4) is 0 Å². The van der Waals surface area contributed by atoms with Crippen molar-refractivity contribution in [2.24, 2.45) is 0 Å². The number of hydrogen-bond acceptors (Lipinski definition) is 3. The van der Waals surface area contributed by atoms with E-state index in [1.54, 1.807) is 0 Å². The summed E-state index contributed by atoms with van der Waals surface area (Å²) in [6.07, 6.45) is 3.55. The van der Waals surface area contributed by atoms with Gasteiger partial charge in [0.05, 0.1) is 0 Å². The van der Waals surface area contributed by atoms with Gasteiger partial charge in [0.2, 0.25) is 0 Å². The van der Waals surface area contributed by atoms with Gasteiger partial charge in [-0.25, -0.2) is 0 Å². The molecule has 4 heteroatoms. The van der Waals surface area contributed by atoms with Gasteiger partial charge in [0.1, 0.15) is 0 Å². The Morgan fingerprint density at radius 3 is 3.19 bits per heavy atom. The monoisotopic (exact) mass is 220 g/mol. The van der Waals surface area contributed by atoms with Crippen molar-refractivity contribution in [2.75, 3.05) is 13.6 Å². The number of aryl methyl sites for hydroxylation is 1. The van der Waals surface area contributed by atoms with Crippen LogP contribution in [0.3, 0.4) is 0 Å². The molecule has 0 bridgehead atoms. The fraction of sp³-hybridized carbons (Fsp3) is 0.500. The Morgan fingerprint density at radius 2 is 2.44 bits per heavy atom. The molecule has 2 heterocycles. The minimum absolute atomic E-state index is 0.177. The molecule has 0 spiro atoms. The van der Waals surface area contributed by atoms with Crippen molar-refractivity contribution >= 4 is 5.97 Å². The van der Waals surface area contributed by atoms with Crippen molar-refractivity contribution in [3.05, 3.63) is 29.1 Å². The fourth-order valence-electron chi connectivity index (χ4n) is 2.00. The van der Waals surface area contributed by atoms with Gasteiger partial charge in [0, 0.05) is 37.8 Å². The maximum absolute atomic E-state index is 10.5. The maximum atomic E-state index is 10.5. The molecule has 16 heavy (non-hydrogen) atoms. The van der Waals surface area contributed by atoms with Crippen molar-refractivity contribution in [1.29, 1.82) is 0 Å². The minimum Gasteiger partial charge on any atom is -0.481 e. The topological polar surface area (TPSA) is 53.4 Å². The van der Waals surface area contributed by atoms with E-state index >= 15 is 0 Å². The molecule has 0 aliphatic carbocycles. The molecule has 2 rings (SSSR count). The van der Waals surface area contributed by atoms with Gasteiger partial charge >= 0.3 is 5.97 Å². The normalized spacial score (nSPS) is 15.8. The van der Waals surface area contributed by atoms with Gasteiger partial charge in [0.25, 0.3) is 0 Å². The van der Waals surface area contributed by atoms with Gasteiger partial charge in [-0.1, -0.05) is 6.07 Å². The molecular formula is C12H16N2O2. The molecule has 0 unspecified atom stereocenters. The number of likely N-dealkylation sites (N-methyl/N-ethyl adjacent to an activating group) is 1. The molecule has 1 aliphatic heterocycles. The summed E-state index contributed by atoms with van der Waals surface area (Å²) in [6.45, 7) is 1.97. The first-order valence-electron chi connectivity index (χ1n) is 5.52. The number of pyridine rings is 1. The van der Waals surface area contributed by atoms with E-state index in [1.807, 2.05) is 6.20 Å². The van der Waals surface area contributed by atoms with E-state index in [2.05, 4.69) is 23.0 Å². The van der Waals surface area contributed by atoms with Crippen LogP contribution in [0.15, 0.2) is 12.3 Å². The number of carboxylic acids is 1. The first-order chi connectivity index (χ1) is 7.65. The molecule has 4 nitrogen and oxygen atoms in total. The van der Waals surface area contributed by atoms with Gasteiger partial charge in [-0.05, 0) is 24.6 Å². The molecule has 0 saturated heterocycles. The van der Waals surface area contributed by atoms with E-state index in [0.717, 1.165) is 30.8 Å². The highest BCUT2D eigenvalue weighted by Crippen LogP contribution is 2.17. The number of rotatable bonds is 3. The average Bonchev–Trinajstić information content (AvgIpc) is 2.25. The van der Waals surface area contributed by atoms with Crippen LogP contribution in [0.4, 0.5) is 0 Å². The Kier molecular flexibility index (Phi) is 3.19. The van der Waals surface area contributed by atoms with Crippen LogP contribution < -0.4 is 0 Å². The second-order valence-electron chi connectivity index (χ2n) is 4.33. The highest BCUT2D eigenvalue weighted by atomic mass is 16.4. The molecule has 86 valence electrons. The molecule has 0 radical (unpaired) electrons. The zero-order valence-corrected chi connectivity index (χ0v) is 9.44. The smallest absolute Gasteiger partial charge is 0.303 e. The molecule has 1 aromatic heterocycles. The largest absolute Gasteiger partial charge is 0.481 e. The van der Waals surface area contributed by atoms with E-state index in [0.29, 0.717) is 6.42 Å². The number of fused-ring (bicyclic) bond motifs is 1. The molecule has 1 aromatic rings. The van der Waals surface area contributed by atoms with Gasteiger partial charge in [-0.3, -0.25) is 9.78 Å². The van der Waals surface area contributed by atoms with Crippen LogP contribution in [-0.4, -0.2) is 34.6 Å². The Labute approximate surface area is 94.9 Å². The van der Waals surface area contributed by atoms with Gasteiger partial charge < -0.3 is 10.0 Å². The van der Waals surface area contributed by atoms with Crippen LogP contribution >= 0.6 is 0 Å². The summed E-state index contributed by atoms with van der Waals surface area (Å²) in [4.78, 5) is 17.2. The summed E-state index contributed by atoms with van der Waals surface area (Å²) in [5, 5.41) is 8.63. The van der Waals surface area contributed by atoms with E-state index in [4.69, 9.17) is 5.11 Å². The number of aromatic nitrogens is 1. The average molecular weight is 220 g/mol. The third-order valence-corrected chi connectivity index (χ3v) is 2.91. The zero-order chi connectivity index (χ0) is 11.5. The number of nitrogens with zero attached hydrogens (tertiary/aromatic N) is 2. The highest BCUT2D eigenvalue weighted by molar-refractivity contribution is 5.67. The fourth-order valence-corrected chi connectivity index (χ4v) is 2.00. The van der Waals surface area contributed by atoms with Crippen LogP contribution in [0, 0.1) is 0 Å². The first-order valence-corrected chi connectivity index (χ1v) is 5.52. The van der Waals surface area contributed by atoms with Crippen LogP contribution in [0.25, 0.3) is 0 Å². The van der Waals surface area contributed by atoms with Crippen molar-refractivity contribution in [1.82, 2.24) is 9.88 Å². The quantitative estimate of drug-likeness (QED) is 0.828. The molecule has 1 aliphatic rings. The molecule has 0 fully saturated rings. The summed E-state index contributed by atoms with van der Waals surface area (Å²) in [5.41, 5.74) is 3.44. The lowest BCUT2D eigenvalue weighted by molar-refractivity contribution is -0.136. The molecule has 0 amide bonds. The number of carboxylic acid groups (broad SMARTS) is 1. The third kappa shape index (κ3) is 2.58. The van der Waals surface area contributed by atoms with E-state index < -0.39 is 5.97 Å². The SMILES string of the molecule is CN1CCc2ncc(CCC(=O)O)cc2C1. The van der Waals surface area contributed by atoms with Crippen LogP contribution in [-0.2, 0) is 24.2 Å². The van der Waals surface area contributed by atoms with Crippen molar-refractivity contribution < 1.29 is 9.90 Å². The standard InChI is InChI=1S/C12H16N2O2/c1-14-5-4-11-10(8-14)6-9(7-13-11)2-3-12(15)16/h6-7H,2-5,8H2,1H3,(H,15,16). The summed E-state index contributed by atoms with van der Waals surface area (Å²) in [6, 6.07) is 2.10. The van der Waals surface area contributed by atoms with Crippen LogP contribution in [0.5, 0.6) is 0 Å². The molecule has 0 saturated carbocycles. The lowest BCUT2D eigenvalue weighted by Crippen LogP contribution is -2.27. The maximum Gasteiger partial charge on any atom is 0.303 e. The summed E-state index contributed by atoms with van der Waals surface area (Å²) >= 11 is 0. The van der Waals surface area contributed by atoms with Crippen LogP contribution in [0.1, 0.15) is 23.2 Å². The third-order valence-electron chi connectivity index (χ3n) is 2.91. The zero-order valence-electron chi connectivity index (χ0n) is 9.44. The second kappa shape index (κ2) is 4.61.